The number of benzene rings is 1. The normalized spacial score (nSPS) is 10.7. The molecule has 0 saturated heterocycles. The lowest BCUT2D eigenvalue weighted by Gasteiger charge is -2.12. The molecule has 0 aliphatic rings. The topological polar surface area (TPSA) is 67.8 Å². The van der Waals surface area contributed by atoms with Crippen LogP contribution in [0.15, 0.2) is 47.6 Å². The van der Waals surface area contributed by atoms with E-state index in [0.717, 1.165) is 35.3 Å². The zero-order valence-corrected chi connectivity index (χ0v) is 17.8. The highest BCUT2D eigenvalue weighted by Gasteiger charge is 2.05. The number of aromatic nitrogens is 1. The number of methoxy groups -OCH3 is 1. The standard InChI is InChI=1S/C19H26N4O2.HI/c1-4-20-19(23-14-16-8-6-7-11-21-16)22-13-15-9-10-17(24-3)18(12-15)25-5-2;/h6-12H,4-5,13-14H2,1-3H3,(H2,20,22,23);1H. The molecule has 2 rings (SSSR count). The number of nitrogens with zero attached hydrogens (tertiary/aromatic N) is 2. The van der Waals surface area contributed by atoms with E-state index in [2.05, 4.69) is 20.6 Å². The van der Waals surface area contributed by atoms with E-state index < -0.39 is 0 Å². The van der Waals surface area contributed by atoms with Crippen LogP contribution in [0.3, 0.4) is 0 Å². The largest absolute Gasteiger partial charge is 0.493 e. The average molecular weight is 470 g/mol. The van der Waals surface area contributed by atoms with Crippen molar-refractivity contribution >= 4 is 29.9 Å². The van der Waals surface area contributed by atoms with Gasteiger partial charge < -0.3 is 20.1 Å². The number of pyridine rings is 1. The molecule has 6 nitrogen and oxygen atoms in total. The predicted molar refractivity (Wildman–Crippen MR) is 115 cm³/mol. The first kappa shape index (κ1) is 22.0. The van der Waals surface area contributed by atoms with E-state index in [1.807, 2.05) is 50.2 Å². The van der Waals surface area contributed by atoms with Gasteiger partial charge in [0, 0.05) is 12.7 Å². The number of ether oxygens (including phenoxy) is 2. The maximum Gasteiger partial charge on any atom is 0.191 e. The van der Waals surface area contributed by atoms with Gasteiger partial charge in [0.2, 0.25) is 0 Å². The van der Waals surface area contributed by atoms with Gasteiger partial charge in [-0.05, 0) is 43.7 Å². The van der Waals surface area contributed by atoms with Crippen LogP contribution in [-0.4, -0.2) is 31.2 Å². The minimum atomic E-state index is 0. The number of guanidine groups is 1. The summed E-state index contributed by atoms with van der Waals surface area (Å²) in [5.41, 5.74) is 2.02. The first-order valence-corrected chi connectivity index (χ1v) is 8.48. The highest BCUT2D eigenvalue weighted by atomic mass is 127. The van der Waals surface area contributed by atoms with Crippen molar-refractivity contribution in [2.45, 2.75) is 26.9 Å². The van der Waals surface area contributed by atoms with E-state index in [1.165, 1.54) is 0 Å². The number of hydrogen-bond acceptors (Lipinski definition) is 4. The molecule has 7 heteroatoms. The van der Waals surface area contributed by atoms with Crippen LogP contribution in [0.1, 0.15) is 25.1 Å². The summed E-state index contributed by atoms with van der Waals surface area (Å²) in [6.45, 7) is 6.55. The molecule has 0 saturated carbocycles. The van der Waals surface area contributed by atoms with Crippen LogP contribution in [0.4, 0.5) is 0 Å². The maximum absolute atomic E-state index is 5.62. The van der Waals surface area contributed by atoms with E-state index in [1.54, 1.807) is 13.3 Å². The van der Waals surface area contributed by atoms with E-state index in [-0.39, 0.29) is 24.0 Å². The summed E-state index contributed by atoms with van der Waals surface area (Å²) < 4.78 is 10.9. The van der Waals surface area contributed by atoms with Crippen LogP contribution in [0.5, 0.6) is 11.5 Å². The van der Waals surface area contributed by atoms with Gasteiger partial charge in [0.25, 0.3) is 0 Å². The van der Waals surface area contributed by atoms with Crippen molar-refractivity contribution in [1.82, 2.24) is 15.6 Å². The van der Waals surface area contributed by atoms with E-state index in [9.17, 15) is 0 Å². The Morgan fingerprint density at radius 2 is 1.96 bits per heavy atom. The molecular weight excluding hydrogens is 443 g/mol. The fourth-order valence-electron chi connectivity index (χ4n) is 2.28. The molecule has 0 atom stereocenters. The Bertz CT molecular complexity index is 680. The second-order valence-corrected chi connectivity index (χ2v) is 5.29. The predicted octanol–water partition coefficient (Wildman–Crippen LogP) is 3.36. The fourth-order valence-corrected chi connectivity index (χ4v) is 2.28. The fraction of sp³-hybridized carbons (Fsp3) is 0.368. The summed E-state index contributed by atoms with van der Waals surface area (Å²) >= 11 is 0. The van der Waals surface area contributed by atoms with Gasteiger partial charge in [-0.15, -0.1) is 24.0 Å². The van der Waals surface area contributed by atoms with Gasteiger partial charge in [-0.3, -0.25) is 4.98 Å². The van der Waals surface area contributed by atoms with Gasteiger partial charge in [-0.2, -0.15) is 0 Å². The molecule has 2 aromatic rings. The smallest absolute Gasteiger partial charge is 0.191 e. The van der Waals surface area contributed by atoms with Crippen LogP contribution in [0.25, 0.3) is 0 Å². The Kier molecular flexibility index (Phi) is 10.5. The van der Waals surface area contributed by atoms with Crippen LogP contribution in [0.2, 0.25) is 0 Å². The summed E-state index contributed by atoms with van der Waals surface area (Å²) in [5, 5.41) is 6.53. The van der Waals surface area contributed by atoms with Crippen molar-refractivity contribution in [3.63, 3.8) is 0 Å². The van der Waals surface area contributed by atoms with E-state index in [0.29, 0.717) is 19.7 Å². The molecule has 0 unspecified atom stereocenters. The minimum absolute atomic E-state index is 0. The van der Waals surface area contributed by atoms with Crippen LogP contribution in [0, 0.1) is 0 Å². The molecule has 0 bridgehead atoms. The lowest BCUT2D eigenvalue weighted by atomic mass is 10.2. The Balaban J connectivity index is 0.00000338. The highest BCUT2D eigenvalue weighted by Crippen LogP contribution is 2.28. The van der Waals surface area contributed by atoms with E-state index in [4.69, 9.17) is 9.47 Å². The molecule has 0 spiro atoms. The second kappa shape index (κ2) is 12.3. The molecule has 1 aromatic heterocycles. The molecule has 0 aliphatic carbocycles. The highest BCUT2D eigenvalue weighted by molar-refractivity contribution is 14.0. The average Bonchev–Trinajstić information content (AvgIpc) is 2.65. The molecule has 26 heavy (non-hydrogen) atoms. The molecule has 0 fully saturated rings. The SMILES string of the molecule is CCNC(=NCc1ccc(OC)c(OCC)c1)NCc1ccccn1.I. The quantitative estimate of drug-likeness (QED) is 0.352. The molecular formula is C19H27IN4O2. The lowest BCUT2D eigenvalue weighted by molar-refractivity contribution is 0.310. The summed E-state index contributed by atoms with van der Waals surface area (Å²) in [6.07, 6.45) is 1.79. The molecule has 0 aliphatic heterocycles. The van der Waals surface area contributed by atoms with Gasteiger partial charge in [0.15, 0.2) is 17.5 Å². The van der Waals surface area contributed by atoms with Crippen LogP contribution < -0.4 is 20.1 Å². The second-order valence-electron chi connectivity index (χ2n) is 5.29. The molecule has 2 N–H and O–H groups in total. The molecule has 1 aromatic carbocycles. The van der Waals surface area contributed by atoms with Crippen molar-refractivity contribution in [2.24, 2.45) is 4.99 Å². The third-order valence-electron chi connectivity index (χ3n) is 3.45. The molecule has 142 valence electrons. The van der Waals surface area contributed by atoms with Crippen molar-refractivity contribution in [1.29, 1.82) is 0 Å². The summed E-state index contributed by atoms with van der Waals surface area (Å²) in [5.74, 6) is 2.22. The van der Waals surface area contributed by atoms with Gasteiger partial charge in [0.05, 0.1) is 32.5 Å². The van der Waals surface area contributed by atoms with E-state index >= 15 is 0 Å². The first-order chi connectivity index (χ1) is 12.3. The Morgan fingerprint density at radius 3 is 2.62 bits per heavy atom. The summed E-state index contributed by atoms with van der Waals surface area (Å²) in [4.78, 5) is 8.93. The lowest BCUT2D eigenvalue weighted by Crippen LogP contribution is -2.37. The molecule has 1 heterocycles. The van der Waals surface area contributed by atoms with Gasteiger partial charge in [-0.1, -0.05) is 12.1 Å². The van der Waals surface area contributed by atoms with Gasteiger partial charge in [0.1, 0.15) is 0 Å². The monoisotopic (exact) mass is 470 g/mol. The number of halogens is 1. The Labute approximate surface area is 172 Å². The maximum atomic E-state index is 5.62. The third kappa shape index (κ3) is 7.07. The summed E-state index contributed by atoms with van der Waals surface area (Å²) in [6, 6.07) is 11.7. The molecule has 0 radical (unpaired) electrons. The number of rotatable bonds is 8. The Morgan fingerprint density at radius 1 is 1.12 bits per heavy atom. The summed E-state index contributed by atoms with van der Waals surface area (Å²) in [7, 11) is 1.64. The van der Waals surface area contributed by atoms with Crippen LogP contribution in [-0.2, 0) is 13.1 Å². The number of nitrogens with one attached hydrogen (secondary N) is 2. The van der Waals surface area contributed by atoms with Crippen molar-refractivity contribution in [3.05, 3.63) is 53.9 Å². The van der Waals surface area contributed by atoms with Gasteiger partial charge >= 0.3 is 0 Å². The number of hydrogen-bond donors (Lipinski definition) is 2. The minimum Gasteiger partial charge on any atom is -0.493 e. The number of aliphatic imine (C=N–C) groups is 1. The van der Waals surface area contributed by atoms with Crippen LogP contribution >= 0.6 is 24.0 Å². The first-order valence-electron chi connectivity index (χ1n) is 8.48. The molecule has 0 amide bonds. The zero-order valence-electron chi connectivity index (χ0n) is 15.5. The van der Waals surface area contributed by atoms with Crippen molar-refractivity contribution in [2.75, 3.05) is 20.3 Å². The van der Waals surface area contributed by atoms with Gasteiger partial charge in [-0.25, -0.2) is 4.99 Å². The van der Waals surface area contributed by atoms with Crippen molar-refractivity contribution < 1.29 is 9.47 Å². The third-order valence-corrected chi connectivity index (χ3v) is 3.45. The Hall–Kier alpha value is -2.03. The zero-order chi connectivity index (χ0) is 17.9. The van der Waals surface area contributed by atoms with Crippen molar-refractivity contribution in [3.8, 4) is 11.5 Å².